The molecule has 1 N–H and O–H groups in total. The van der Waals surface area contributed by atoms with Crippen LogP contribution in [0.4, 0.5) is 5.82 Å². The minimum atomic E-state index is 0.0687. The third kappa shape index (κ3) is 2.22. The van der Waals surface area contributed by atoms with E-state index < -0.39 is 0 Å². The summed E-state index contributed by atoms with van der Waals surface area (Å²) in [5, 5.41) is 5.22. The first-order valence-corrected chi connectivity index (χ1v) is 7.11. The van der Waals surface area contributed by atoms with E-state index in [4.69, 9.17) is 0 Å². The highest BCUT2D eigenvalue weighted by Gasteiger charge is 2.30. The van der Waals surface area contributed by atoms with Crippen molar-refractivity contribution in [3.63, 3.8) is 0 Å². The summed E-state index contributed by atoms with van der Waals surface area (Å²) in [4.78, 5) is 18.8. The Bertz CT molecular complexity index is 649. The molecule has 1 heterocycles. The van der Waals surface area contributed by atoms with E-state index in [0.29, 0.717) is 11.6 Å². The lowest BCUT2D eigenvalue weighted by Gasteiger charge is -2.18. The first-order valence-electron chi connectivity index (χ1n) is 7.11. The number of anilines is 1. The number of rotatable bonds is 4. The molecule has 0 saturated heterocycles. The first-order chi connectivity index (χ1) is 9.72. The van der Waals surface area contributed by atoms with Gasteiger partial charge in [0.1, 0.15) is 5.82 Å². The number of nitrogens with zero attached hydrogens (tertiary/aromatic N) is 2. The second-order valence-corrected chi connectivity index (χ2v) is 5.24. The van der Waals surface area contributed by atoms with E-state index >= 15 is 0 Å². The number of pyridine rings is 1. The Hall–Kier alpha value is -2.10. The largest absolute Gasteiger partial charge is 0.370 e. The van der Waals surface area contributed by atoms with Gasteiger partial charge in [-0.1, -0.05) is 24.3 Å². The van der Waals surface area contributed by atoms with E-state index in [1.54, 1.807) is 6.20 Å². The van der Waals surface area contributed by atoms with Crippen LogP contribution in [0, 0.1) is 0 Å². The molecule has 104 valence electrons. The molecule has 0 radical (unpaired) electrons. The summed E-state index contributed by atoms with van der Waals surface area (Å²) in [7, 11) is 1.88. The monoisotopic (exact) mass is 269 g/mol. The van der Waals surface area contributed by atoms with Crippen LogP contribution in [0.1, 0.15) is 30.1 Å². The summed E-state index contributed by atoms with van der Waals surface area (Å²) in [6.07, 6.45) is 3.92. The molecule has 0 aliphatic heterocycles. The molecular weight excluding hydrogens is 250 g/mol. The van der Waals surface area contributed by atoms with Crippen LogP contribution < -0.4 is 5.32 Å². The van der Waals surface area contributed by atoms with Gasteiger partial charge < -0.3 is 10.2 Å². The molecule has 1 fully saturated rings. The number of carbonyl (C=O) groups excluding carboxylic acids is 1. The molecule has 3 rings (SSSR count). The Kier molecular flexibility index (Phi) is 3.30. The van der Waals surface area contributed by atoms with Gasteiger partial charge in [-0.05, 0) is 25.2 Å². The van der Waals surface area contributed by atoms with Gasteiger partial charge in [-0.3, -0.25) is 4.79 Å². The van der Waals surface area contributed by atoms with Crippen LogP contribution >= 0.6 is 0 Å². The lowest BCUT2D eigenvalue weighted by molar-refractivity contribution is 0.0786. The number of hydrogen-bond acceptors (Lipinski definition) is 3. The average Bonchev–Trinajstić information content (AvgIpc) is 3.31. The van der Waals surface area contributed by atoms with Crippen LogP contribution in [-0.2, 0) is 0 Å². The number of aromatic nitrogens is 1. The van der Waals surface area contributed by atoms with E-state index in [1.165, 1.54) is 0 Å². The molecule has 4 heteroatoms. The number of hydrogen-bond donors (Lipinski definition) is 1. The third-order valence-corrected chi connectivity index (χ3v) is 3.78. The van der Waals surface area contributed by atoms with E-state index in [2.05, 4.69) is 10.3 Å². The van der Waals surface area contributed by atoms with Crippen molar-refractivity contribution in [3.8, 4) is 0 Å². The van der Waals surface area contributed by atoms with Gasteiger partial charge in [-0.15, -0.1) is 0 Å². The second kappa shape index (κ2) is 5.12. The minimum absolute atomic E-state index is 0.0687. The second-order valence-electron chi connectivity index (χ2n) is 5.24. The lowest BCUT2D eigenvalue weighted by Crippen LogP contribution is -2.29. The normalized spacial score (nSPS) is 14.3. The van der Waals surface area contributed by atoms with Gasteiger partial charge in [0, 0.05) is 31.2 Å². The minimum Gasteiger partial charge on any atom is -0.370 e. The molecule has 1 aliphatic rings. The Morgan fingerprint density at radius 1 is 1.35 bits per heavy atom. The Balaban J connectivity index is 2.07. The number of fused-ring (bicyclic) bond motifs is 1. The SMILES string of the molecule is CCNc1ncc(C(=O)N(C)C2CC2)c2ccccc12. The summed E-state index contributed by atoms with van der Waals surface area (Å²) < 4.78 is 0. The Morgan fingerprint density at radius 2 is 2.05 bits per heavy atom. The van der Waals surface area contributed by atoms with Gasteiger partial charge >= 0.3 is 0 Å². The molecule has 1 aliphatic carbocycles. The fraction of sp³-hybridized carbons (Fsp3) is 0.375. The molecular formula is C16H19N3O. The lowest BCUT2D eigenvalue weighted by atomic mass is 10.1. The quantitative estimate of drug-likeness (QED) is 0.928. The molecule has 1 amide bonds. The van der Waals surface area contributed by atoms with Gasteiger partial charge in [0.05, 0.1) is 5.56 Å². The third-order valence-electron chi connectivity index (χ3n) is 3.78. The molecule has 2 aromatic rings. The fourth-order valence-electron chi connectivity index (χ4n) is 2.49. The van der Waals surface area contributed by atoms with Crippen LogP contribution in [0.25, 0.3) is 10.8 Å². The van der Waals surface area contributed by atoms with Gasteiger partial charge in [-0.25, -0.2) is 4.98 Å². The predicted octanol–water partition coefficient (Wildman–Crippen LogP) is 2.90. The summed E-state index contributed by atoms with van der Waals surface area (Å²) in [6, 6.07) is 8.35. The van der Waals surface area contributed by atoms with Crippen LogP contribution in [0.5, 0.6) is 0 Å². The molecule has 0 unspecified atom stereocenters. The molecule has 0 bridgehead atoms. The number of nitrogens with one attached hydrogen (secondary N) is 1. The topological polar surface area (TPSA) is 45.2 Å². The maximum Gasteiger partial charge on any atom is 0.256 e. The summed E-state index contributed by atoms with van der Waals surface area (Å²) in [5.74, 6) is 0.910. The zero-order chi connectivity index (χ0) is 14.1. The Labute approximate surface area is 118 Å². The van der Waals surface area contributed by atoms with Crippen molar-refractivity contribution in [1.29, 1.82) is 0 Å². The van der Waals surface area contributed by atoms with Crippen molar-refractivity contribution < 1.29 is 4.79 Å². The smallest absolute Gasteiger partial charge is 0.256 e. The van der Waals surface area contributed by atoms with Gasteiger partial charge in [0.2, 0.25) is 0 Å². The van der Waals surface area contributed by atoms with Gasteiger partial charge in [-0.2, -0.15) is 0 Å². The van der Waals surface area contributed by atoms with E-state index in [1.807, 2.05) is 43.1 Å². The van der Waals surface area contributed by atoms with Gasteiger partial charge in [0.25, 0.3) is 5.91 Å². The molecule has 4 nitrogen and oxygen atoms in total. The summed E-state index contributed by atoms with van der Waals surface area (Å²) in [5.41, 5.74) is 0.691. The maximum absolute atomic E-state index is 12.6. The van der Waals surface area contributed by atoms with Crippen molar-refractivity contribution in [2.24, 2.45) is 0 Å². The Morgan fingerprint density at radius 3 is 2.70 bits per heavy atom. The van der Waals surface area contributed by atoms with E-state index in [-0.39, 0.29) is 5.91 Å². The fourth-order valence-corrected chi connectivity index (χ4v) is 2.49. The summed E-state index contributed by atoms with van der Waals surface area (Å²) >= 11 is 0. The van der Waals surface area contributed by atoms with Crippen LogP contribution in [0.3, 0.4) is 0 Å². The van der Waals surface area contributed by atoms with Crippen molar-refractivity contribution in [3.05, 3.63) is 36.0 Å². The van der Waals surface area contributed by atoms with E-state index in [9.17, 15) is 4.79 Å². The molecule has 0 spiro atoms. The van der Waals surface area contributed by atoms with Crippen LogP contribution in [0.15, 0.2) is 30.5 Å². The molecule has 20 heavy (non-hydrogen) atoms. The number of carbonyl (C=O) groups is 1. The van der Waals surface area contributed by atoms with Crippen LogP contribution in [-0.4, -0.2) is 35.4 Å². The van der Waals surface area contributed by atoms with E-state index in [0.717, 1.165) is 36.0 Å². The molecule has 1 saturated carbocycles. The molecule has 1 aromatic carbocycles. The first kappa shape index (κ1) is 12.9. The van der Waals surface area contributed by atoms with Gasteiger partial charge in [0.15, 0.2) is 0 Å². The van der Waals surface area contributed by atoms with Crippen molar-refractivity contribution >= 4 is 22.5 Å². The zero-order valence-corrected chi connectivity index (χ0v) is 11.9. The average molecular weight is 269 g/mol. The summed E-state index contributed by atoms with van der Waals surface area (Å²) in [6.45, 7) is 2.85. The number of benzene rings is 1. The highest BCUT2D eigenvalue weighted by atomic mass is 16.2. The van der Waals surface area contributed by atoms with Crippen molar-refractivity contribution in [2.45, 2.75) is 25.8 Å². The molecule has 0 atom stereocenters. The van der Waals surface area contributed by atoms with Crippen molar-refractivity contribution in [2.75, 3.05) is 18.9 Å². The van der Waals surface area contributed by atoms with Crippen molar-refractivity contribution in [1.82, 2.24) is 9.88 Å². The standard InChI is InChI=1S/C16H19N3O/c1-3-17-15-13-7-5-4-6-12(13)14(10-18-15)16(20)19(2)11-8-9-11/h4-7,10-11H,3,8-9H2,1-2H3,(H,17,18). The molecule has 1 aromatic heterocycles. The maximum atomic E-state index is 12.6. The van der Waals surface area contributed by atoms with Crippen LogP contribution in [0.2, 0.25) is 0 Å². The zero-order valence-electron chi connectivity index (χ0n) is 11.9. The highest BCUT2D eigenvalue weighted by Crippen LogP contribution is 2.29. The number of amides is 1. The highest BCUT2D eigenvalue weighted by molar-refractivity contribution is 6.09. The predicted molar refractivity (Wildman–Crippen MR) is 81.0 cm³/mol.